The largest absolute Gasteiger partial charge is 0.508 e. The molecule has 0 aliphatic rings. The molecule has 0 fully saturated rings. The summed E-state index contributed by atoms with van der Waals surface area (Å²) in [5.74, 6) is -0.0906. The second kappa shape index (κ2) is 3.01. The molecule has 5 heteroatoms. The van der Waals surface area contributed by atoms with Crippen molar-refractivity contribution >= 4 is 10.0 Å². The molecular weight excluding hydrogens is 190 g/mol. The smallest absolute Gasteiger partial charge is 0.238 e. The number of primary sulfonamides is 1. The predicted molar refractivity (Wildman–Crippen MR) is 49.0 cm³/mol. The van der Waals surface area contributed by atoms with Gasteiger partial charge in [0, 0.05) is 6.07 Å². The van der Waals surface area contributed by atoms with Crippen molar-refractivity contribution in [1.29, 1.82) is 0 Å². The van der Waals surface area contributed by atoms with Crippen LogP contribution in [0.3, 0.4) is 0 Å². The summed E-state index contributed by atoms with van der Waals surface area (Å²) in [6, 6.07) is 2.64. The lowest BCUT2D eigenvalue weighted by Crippen LogP contribution is -2.14. The first kappa shape index (κ1) is 10.0. The van der Waals surface area contributed by atoms with Crippen molar-refractivity contribution < 1.29 is 13.5 Å². The summed E-state index contributed by atoms with van der Waals surface area (Å²) in [7, 11) is -3.74. The average molecular weight is 201 g/mol. The number of aryl methyl sites for hydroxylation is 1. The Bertz CT molecular complexity index is 437. The first-order valence-electron chi connectivity index (χ1n) is 3.65. The first-order chi connectivity index (χ1) is 5.82. The molecule has 0 atom stereocenters. The molecule has 0 spiro atoms. The van der Waals surface area contributed by atoms with Gasteiger partial charge in [0.2, 0.25) is 10.0 Å². The quantitative estimate of drug-likeness (QED) is 0.700. The predicted octanol–water partition coefficient (Wildman–Crippen LogP) is 0.656. The van der Waals surface area contributed by atoms with E-state index in [9.17, 15) is 8.42 Å². The summed E-state index contributed by atoms with van der Waals surface area (Å²) in [6.45, 7) is 3.36. The van der Waals surface area contributed by atoms with E-state index >= 15 is 0 Å². The van der Waals surface area contributed by atoms with Gasteiger partial charge in [-0.2, -0.15) is 0 Å². The lowest BCUT2D eigenvalue weighted by molar-refractivity contribution is 0.472. The summed E-state index contributed by atoms with van der Waals surface area (Å²) < 4.78 is 22.0. The van der Waals surface area contributed by atoms with Crippen molar-refractivity contribution in [2.75, 3.05) is 0 Å². The number of nitrogens with two attached hydrogens (primary N) is 1. The van der Waals surface area contributed by atoms with Crippen molar-refractivity contribution in [2.24, 2.45) is 5.14 Å². The van der Waals surface area contributed by atoms with Crippen LogP contribution in [0.5, 0.6) is 5.75 Å². The van der Waals surface area contributed by atoms with Crippen LogP contribution in [-0.4, -0.2) is 13.5 Å². The van der Waals surface area contributed by atoms with E-state index in [0.29, 0.717) is 11.1 Å². The molecule has 13 heavy (non-hydrogen) atoms. The number of phenols is 1. The van der Waals surface area contributed by atoms with Crippen LogP contribution in [0.4, 0.5) is 0 Å². The SMILES string of the molecule is Cc1cc(O)cc(S(N)(=O)=O)c1C. The normalized spacial score (nSPS) is 11.6. The second-order valence-electron chi connectivity index (χ2n) is 2.93. The Balaban J connectivity index is 3.56. The maximum atomic E-state index is 11.0. The van der Waals surface area contributed by atoms with Crippen LogP contribution in [0.2, 0.25) is 0 Å². The van der Waals surface area contributed by atoms with Crippen LogP contribution in [0, 0.1) is 13.8 Å². The molecule has 0 unspecified atom stereocenters. The van der Waals surface area contributed by atoms with Gasteiger partial charge in [-0.25, -0.2) is 13.6 Å². The molecule has 0 aromatic heterocycles. The number of benzene rings is 1. The summed E-state index contributed by atoms with van der Waals surface area (Å²) >= 11 is 0. The number of rotatable bonds is 1. The Morgan fingerprint density at radius 1 is 1.31 bits per heavy atom. The molecule has 4 nitrogen and oxygen atoms in total. The highest BCUT2D eigenvalue weighted by Crippen LogP contribution is 2.23. The first-order valence-corrected chi connectivity index (χ1v) is 5.20. The zero-order valence-electron chi connectivity index (χ0n) is 7.40. The lowest BCUT2D eigenvalue weighted by atomic mass is 10.1. The van der Waals surface area contributed by atoms with E-state index in [0.717, 1.165) is 6.07 Å². The van der Waals surface area contributed by atoms with Crippen LogP contribution < -0.4 is 5.14 Å². The van der Waals surface area contributed by atoms with E-state index in [1.54, 1.807) is 13.8 Å². The molecule has 1 aromatic rings. The fraction of sp³-hybridized carbons (Fsp3) is 0.250. The third-order valence-corrected chi connectivity index (χ3v) is 2.95. The number of aromatic hydroxyl groups is 1. The fourth-order valence-electron chi connectivity index (χ4n) is 1.10. The zero-order chi connectivity index (χ0) is 10.2. The van der Waals surface area contributed by atoms with Gasteiger partial charge in [-0.05, 0) is 31.0 Å². The highest BCUT2D eigenvalue weighted by molar-refractivity contribution is 7.89. The average Bonchev–Trinajstić information content (AvgIpc) is 1.94. The number of hydrogen-bond donors (Lipinski definition) is 2. The monoisotopic (exact) mass is 201 g/mol. The molecular formula is C8H11NO3S. The molecule has 0 bridgehead atoms. The molecule has 0 amide bonds. The van der Waals surface area contributed by atoms with E-state index < -0.39 is 10.0 Å². The summed E-state index contributed by atoms with van der Waals surface area (Å²) in [5, 5.41) is 14.1. The Labute approximate surface area is 77.1 Å². The van der Waals surface area contributed by atoms with Crippen molar-refractivity contribution in [1.82, 2.24) is 0 Å². The Morgan fingerprint density at radius 2 is 1.85 bits per heavy atom. The summed E-state index contributed by atoms with van der Waals surface area (Å²) in [5.41, 5.74) is 1.27. The third kappa shape index (κ3) is 1.99. The molecule has 0 radical (unpaired) electrons. The Morgan fingerprint density at radius 3 is 2.31 bits per heavy atom. The van der Waals surface area contributed by atoms with Gasteiger partial charge in [-0.3, -0.25) is 0 Å². The fourth-order valence-corrected chi connectivity index (χ4v) is 1.98. The second-order valence-corrected chi connectivity index (χ2v) is 4.46. The van der Waals surface area contributed by atoms with Gasteiger partial charge in [0.15, 0.2) is 0 Å². The van der Waals surface area contributed by atoms with Gasteiger partial charge in [-0.1, -0.05) is 0 Å². The van der Waals surface area contributed by atoms with Crippen molar-refractivity contribution in [2.45, 2.75) is 18.7 Å². The van der Waals surface area contributed by atoms with Gasteiger partial charge in [0.1, 0.15) is 5.75 Å². The minimum absolute atomic E-state index is 0.0231. The number of phenolic OH excluding ortho intramolecular Hbond substituents is 1. The van der Waals surface area contributed by atoms with Crippen LogP contribution in [-0.2, 0) is 10.0 Å². The van der Waals surface area contributed by atoms with Gasteiger partial charge in [-0.15, -0.1) is 0 Å². The van der Waals surface area contributed by atoms with Gasteiger partial charge < -0.3 is 5.11 Å². The van der Waals surface area contributed by atoms with Crippen molar-refractivity contribution in [3.63, 3.8) is 0 Å². The minimum Gasteiger partial charge on any atom is -0.508 e. The van der Waals surface area contributed by atoms with Gasteiger partial charge in [0.25, 0.3) is 0 Å². The molecule has 0 saturated carbocycles. The highest BCUT2D eigenvalue weighted by atomic mass is 32.2. The molecule has 0 saturated heterocycles. The lowest BCUT2D eigenvalue weighted by Gasteiger charge is -2.06. The van der Waals surface area contributed by atoms with E-state index in [1.165, 1.54) is 6.07 Å². The maximum absolute atomic E-state index is 11.0. The maximum Gasteiger partial charge on any atom is 0.238 e. The van der Waals surface area contributed by atoms with Crippen molar-refractivity contribution in [3.8, 4) is 5.75 Å². The Hall–Kier alpha value is -1.07. The number of sulfonamides is 1. The van der Waals surface area contributed by atoms with Gasteiger partial charge >= 0.3 is 0 Å². The summed E-state index contributed by atoms with van der Waals surface area (Å²) in [4.78, 5) is -0.0231. The highest BCUT2D eigenvalue weighted by Gasteiger charge is 2.13. The van der Waals surface area contributed by atoms with Gasteiger partial charge in [0.05, 0.1) is 4.90 Å². The molecule has 1 rings (SSSR count). The molecule has 0 aliphatic carbocycles. The van der Waals surface area contributed by atoms with Crippen LogP contribution in [0.25, 0.3) is 0 Å². The van der Waals surface area contributed by atoms with E-state index in [2.05, 4.69) is 0 Å². The Kier molecular flexibility index (Phi) is 2.32. The molecule has 72 valence electrons. The number of hydrogen-bond acceptors (Lipinski definition) is 3. The van der Waals surface area contributed by atoms with E-state index in [1.807, 2.05) is 0 Å². The summed E-state index contributed by atoms with van der Waals surface area (Å²) in [6.07, 6.45) is 0. The topological polar surface area (TPSA) is 80.4 Å². The minimum atomic E-state index is -3.74. The van der Waals surface area contributed by atoms with Crippen LogP contribution >= 0.6 is 0 Å². The molecule has 3 N–H and O–H groups in total. The third-order valence-electron chi connectivity index (χ3n) is 1.91. The molecule has 1 aromatic carbocycles. The van der Waals surface area contributed by atoms with Crippen LogP contribution in [0.1, 0.15) is 11.1 Å². The molecule has 0 heterocycles. The van der Waals surface area contributed by atoms with E-state index in [-0.39, 0.29) is 10.6 Å². The standard InChI is InChI=1S/C8H11NO3S/c1-5-3-7(10)4-8(6(5)2)13(9,11)12/h3-4,10H,1-2H3,(H2,9,11,12). The zero-order valence-corrected chi connectivity index (χ0v) is 8.22. The van der Waals surface area contributed by atoms with E-state index in [4.69, 9.17) is 10.2 Å². The van der Waals surface area contributed by atoms with Crippen LogP contribution in [0.15, 0.2) is 17.0 Å². The molecule has 0 aliphatic heterocycles. The van der Waals surface area contributed by atoms with Crippen molar-refractivity contribution in [3.05, 3.63) is 23.3 Å².